The molecular weight excluding hydrogens is 260 g/mol. The number of nitrogens with zero attached hydrogens (tertiary/aromatic N) is 2. The second kappa shape index (κ2) is 7.04. The third-order valence-electron chi connectivity index (χ3n) is 3.49. The fourth-order valence-corrected chi connectivity index (χ4v) is 2.48. The van der Waals surface area contributed by atoms with Crippen LogP contribution in [0.25, 0.3) is 0 Å². The Morgan fingerprint density at radius 2 is 1.75 bits per heavy atom. The van der Waals surface area contributed by atoms with Crippen molar-refractivity contribution in [3.05, 3.63) is 0 Å². The van der Waals surface area contributed by atoms with E-state index in [-0.39, 0.29) is 38.1 Å². The molecule has 116 valence electrons. The summed E-state index contributed by atoms with van der Waals surface area (Å²) in [6, 6.07) is -0.458. The summed E-state index contributed by atoms with van der Waals surface area (Å²) in [7, 11) is 0. The molecule has 1 saturated heterocycles. The van der Waals surface area contributed by atoms with Crippen molar-refractivity contribution < 1.29 is 19.8 Å². The Kier molecular flexibility index (Phi) is 5.95. The van der Waals surface area contributed by atoms with Crippen LogP contribution in [0.4, 0.5) is 0 Å². The third-order valence-corrected chi connectivity index (χ3v) is 3.49. The maximum atomic E-state index is 12.5. The zero-order valence-electron chi connectivity index (χ0n) is 12.6. The van der Waals surface area contributed by atoms with Crippen LogP contribution in [0.3, 0.4) is 0 Å². The molecule has 0 bridgehead atoms. The van der Waals surface area contributed by atoms with Crippen LogP contribution in [0.5, 0.6) is 0 Å². The van der Waals surface area contributed by atoms with Crippen LogP contribution in [0, 0.1) is 5.41 Å². The standard InChI is InChI=1S/C14H26N2O4/c1-14(2,3)13(20)16-6-4-5-11(16)12(19)15(7-9-17)8-10-18/h11,17-18H,4-10H2,1-3H3. The van der Waals surface area contributed by atoms with Crippen molar-refractivity contribution in [2.45, 2.75) is 39.7 Å². The molecule has 2 amide bonds. The van der Waals surface area contributed by atoms with Gasteiger partial charge < -0.3 is 20.0 Å². The largest absolute Gasteiger partial charge is 0.395 e. The van der Waals surface area contributed by atoms with E-state index in [1.165, 1.54) is 4.90 Å². The molecule has 0 aromatic carbocycles. The van der Waals surface area contributed by atoms with Crippen molar-refractivity contribution in [3.8, 4) is 0 Å². The Labute approximate surface area is 120 Å². The minimum Gasteiger partial charge on any atom is -0.395 e. The summed E-state index contributed by atoms with van der Waals surface area (Å²) >= 11 is 0. The van der Waals surface area contributed by atoms with Gasteiger partial charge in [0.15, 0.2) is 0 Å². The number of amides is 2. The Morgan fingerprint density at radius 1 is 1.20 bits per heavy atom. The Hall–Kier alpha value is -1.14. The lowest BCUT2D eigenvalue weighted by atomic mass is 9.94. The molecule has 2 N–H and O–H groups in total. The maximum absolute atomic E-state index is 12.5. The number of likely N-dealkylation sites (tertiary alicyclic amines) is 1. The molecule has 1 rings (SSSR count). The van der Waals surface area contributed by atoms with Gasteiger partial charge >= 0.3 is 0 Å². The fourth-order valence-electron chi connectivity index (χ4n) is 2.48. The molecule has 0 aromatic heterocycles. The highest BCUT2D eigenvalue weighted by atomic mass is 16.3. The molecule has 20 heavy (non-hydrogen) atoms. The van der Waals surface area contributed by atoms with Crippen LogP contribution in [0.15, 0.2) is 0 Å². The number of aliphatic hydroxyl groups is 2. The van der Waals surface area contributed by atoms with E-state index in [4.69, 9.17) is 10.2 Å². The molecule has 1 heterocycles. The van der Waals surface area contributed by atoms with Gasteiger partial charge in [0.2, 0.25) is 11.8 Å². The van der Waals surface area contributed by atoms with Gasteiger partial charge in [-0.3, -0.25) is 9.59 Å². The minimum absolute atomic E-state index is 0.0266. The lowest BCUT2D eigenvalue weighted by molar-refractivity contribution is -0.148. The van der Waals surface area contributed by atoms with Gasteiger partial charge in [0.25, 0.3) is 0 Å². The quantitative estimate of drug-likeness (QED) is 0.736. The Morgan fingerprint density at radius 3 is 2.20 bits per heavy atom. The van der Waals surface area contributed by atoms with E-state index >= 15 is 0 Å². The van der Waals surface area contributed by atoms with Gasteiger partial charge in [0, 0.05) is 25.0 Å². The predicted molar refractivity (Wildman–Crippen MR) is 74.9 cm³/mol. The van der Waals surface area contributed by atoms with Crippen molar-refractivity contribution in [2.75, 3.05) is 32.8 Å². The van der Waals surface area contributed by atoms with Gasteiger partial charge in [0.05, 0.1) is 13.2 Å². The number of carbonyl (C=O) groups is 2. The van der Waals surface area contributed by atoms with Gasteiger partial charge in [-0.25, -0.2) is 0 Å². The first-order valence-corrected chi connectivity index (χ1v) is 7.14. The van der Waals surface area contributed by atoms with E-state index in [9.17, 15) is 9.59 Å². The monoisotopic (exact) mass is 286 g/mol. The van der Waals surface area contributed by atoms with Gasteiger partial charge in [-0.1, -0.05) is 20.8 Å². The molecule has 1 aliphatic rings. The Bertz CT molecular complexity index is 346. The molecule has 1 aliphatic heterocycles. The van der Waals surface area contributed by atoms with Crippen LogP contribution in [0.2, 0.25) is 0 Å². The average molecular weight is 286 g/mol. The highest BCUT2D eigenvalue weighted by Gasteiger charge is 2.39. The smallest absolute Gasteiger partial charge is 0.245 e. The summed E-state index contributed by atoms with van der Waals surface area (Å²) in [4.78, 5) is 27.9. The first-order valence-electron chi connectivity index (χ1n) is 7.14. The van der Waals surface area contributed by atoms with Gasteiger partial charge in [-0.2, -0.15) is 0 Å². The topological polar surface area (TPSA) is 81.1 Å². The summed E-state index contributed by atoms with van der Waals surface area (Å²) in [5.41, 5.74) is -0.512. The molecule has 0 aromatic rings. The maximum Gasteiger partial charge on any atom is 0.245 e. The molecular formula is C14H26N2O4. The zero-order valence-corrected chi connectivity index (χ0v) is 12.6. The average Bonchev–Trinajstić information content (AvgIpc) is 2.84. The third kappa shape index (κ3) is 3.93. The summed E-state index contributed by atoms with van der Waals surface area (Å²) < 4.78 is 0. The zero-order chi connectivity index (χ0) is 15.3. The lowest BCUT2D eigenvalue weighted by Gasteiger charge is -2.33. The summed E-state index contributed by atoms with van der Waals surface area (Å²) in [5, 5.41) is 18.0. The summed E-state index contributed by atoms with van der Waals surface area (Å²) in [6.07, 6.45) is 1.46. The summed E-state index contributed by atoms with van der Waals surface area (Å²) in [6.45, 7) is 6.20. The minimum atomic E-state index is -0.512. The second-order valence-corrected chi connectivity index (χ2v) is 6.18. The van der Waals surface area contributed by atoms with Crippen molar-refractivity contribution in [2.24, 2.45) is 5.41 Å². The van der Waals surface area contributed by atoms with E-state index in [2.05, 4.69) is 0 Å². The molecule has 0 spiro atoms. The van der Waals surface area contributed by atoms with Crippen molar-refractivity contribution in [3.63, 3.8) is 0 Å². The van der Waals surface area contributed by atoms with Crippen LogP contribution in [0.1, 0.15) is 33.6 Å². The Balaban J connectivity index is 2.82. The second-order valence-electron chi connectivity index (χ2n) is 6.18. The van der Waals surface area contributed by atoms with Crippen LogP contribution < -0.4 is 0 Å². The number of hydrogen-bond acceptors (Lipinski definition) is 4. The van der Waals surface area contributed by atoms with Crippen LogP contribution >= 0.6 is 0 Å². The number of carbonyl (C=O) groups excluding carboxylic acids is 2. The molecule has 0 saturated carbocycles. The first kappa shape index (κ1) is 16.9. The van der Waals surface area contributed by atoms with E-state index in [1.54, 1.807) is 4.90 Å². The van der Waals surface area contributed by atoms with Crippen LogP contribution in [-0.4, -0.2) is 70.7 Å². The SMILES string of the molecule is CC(C)(C)C(=O)N1CCCC1C(=O)N(CCO)CCO. The van der Waals surface area contributed by atoms with Crippen molar-refractivity contribution >= 4 is 11.8 Å². The van der Waals surface area contributed by atoms with Gasteiger partial charge in [-0.05, 0) is 12.8 Å². The molecule has 0 aliphatic carbocycles. The van der Waals surface area contributed by atoms with E-state index < -0.39 is 11.5 Å². The van der Waals surface area contributed by atoms with E-state index in [0.29, 0.717) is 13.0 Å². The number of rotatable bonds is 5. The van der Waals surface area contributed by atoms with E-state index in [1.807, 2.05) is 20.8 Å². The van der Waals surface area contributed by atoms with Gasteiger partial charge in [-0.15, -0.1) is 0 Å². The molecule has 1 fully saturated rings. The molecule has 1 atom stereocenters. The van der Waals surface area contributed by atoms with E-state index in [0.717, 1.165) is 6.42 Å². The highest BCUT2D eigenvalue weighted by molar-refractivity contribution is 5.90. The molecule has 6 heteroatoms. The lowest BCUT2D eigenvalue weighted by Crippen LogP contribution is -2.51. The van der Waals surface area contributed by atoms with Gasteiger partial charge in [0.1, 0.15) is 6.04 Å². The molecule has 6 nitrogen and oxygen atoms in total. The number of aliphatic hydroxyl groups excluding tert-OH is 2. The molecule has 0 radical (unpaired) electrons. The molecule has 1 unspecified atom stereocenters. The van der Waals surface area contributed by atoms with Crippen LogP contribution in [-0.2, 0) is 9.59 Å². The predicted octanol–water partition coefficient (Wildman–Crippen LogP) is -0.163. The highest BCUT2D eigenvalue weighted by Crippen LogP contribution is 2.26. The fraction of sp³-hybridized carbons (Fsp3) is 0.857. The summed E-state index contributed by atoms with van der Waals surface area (Å²) in [5.74, 6) is -0.204. The van der Waals surface area contributed by atoms with Crippen molar-refractivity contribution in [1.29, 1.82) is 0 Å². The normalized spacial score (nSPS) is 19.2. The van der Waals surface area contributed by atoms with Crippen molar-refractivity contribution in [1.82, 2.24) is 9.80 Å². The number of hydrogen-bond donors (Lipinski definition) is 2. The first-order chi connectivity index (χ1) is 9.32.